The van der Waals surface area contributed by atoms with E-state index in [0.29, 0.717) is 12.3 Å². The number of halogens is 1. The number of aromatic nitrogens is 1. The summed E-state index contributed by atoms with van der Waals surface area (Å²) in [5, 5.41) is 0.901. The summed E-state index contributed by atoms with van der Waals surface area (Å²) < 4.78 is 19.0. The van der Waals surface area contributed by atoms with E-state index in [-0.39, 0.29) is 30.4 Å². The number of hydrogen-bond donors (Lipinski definition) is 0. The maximum atomic E-state index is 13.2. The van der Waals surface area contributed by atoms with E-state index in [2.05, 4.69) is 23.7 Å². The van der Waals surface area contributed by atoms with Gasteiger partial charge in [-0.25, -0.2) is 4.39 Å². The average Bonchev–Trinajstić information content (AvgIpc) is 2.76. The second-order valence-electron chi connectivity index (χ2n) is 7.91. The maximum Gasteiger partial charge on any atom is 0.260 e. The molecule has 0 aliphatic carbocycles. The predicted octanol–water partition coefficient (Wildman–Crippen LogP) is 3.87. The summed E-state index contributed by atoms with van der Waals surface area (Å²) in [6.45, 7) is 6.33. The molecule has 1 fully saturated rings. The first kappa shape index (κ1) is 20.3. The van der Waals surface area contributed by atoms with Gasteiger partial charge < -0.3 is 9.64 Å². The van der Waals surface area contributed by atoms with E-state index in [1.165, 1.54) is 12.1 Å². The monoisotopic (exact) mass is 407 g/mol. The molecule has 1 amide bonds. The molecule has 1 aliphatic heterocycles. The van der Waals surface area contributed by atoms with Gasteiger partial charge in [0.05, 0.1) is 5.52 Å². The number of ether oxygens (including phenoxy) is 1. The van der Waals surface area contributed by atoms with Crippen molar-refractivity contribution in [2.45, 2.75) is 32.5 Å². The molecule has 30 heavy (non-hydrogen) atoms. The third-order valence-corrected chi connectivity index (χ3v) is 5.69. The van der Waals surface area contributed by atoms with Crippen LogP contribution < -0.4 is 4.74 Å². The Kier molecular flexibility index (Phi) is 5.95. The number of amides is 1. The highest BCUT2D eigenvalue weighted by Crippen LogP contribution is 2.24. The second-order valence-corrected chi connectivity index (χ2v) is 7.91. The largest absolute Gasteiger partial charge is 0.483 e. The molecule has 2 aromatic carbocycles. The summed E-state index contributed by atoms with van der Waals surface area (Å²) in [5.74, 6) is 0.429. The molecule has 0 radical (unpaired) electrons. The van der Waals surface area contributed by atoms with Crippen molar-refractivity contribution in [2.75, 3.05) is 19.7 Å². The predicted molar refractivity (Wildman–Crippen MR) is 115 cm³/mol. The van der Waals surface area contributed by atoms with Gasteiger partial charge in [-0.2, -0.15) is 0 Å². The number of benzene rings is 2. The van der Waals surface area contributed by atoms with Crippen molar-refractivity contribution in [3.63, 3.8) is 0 Å². The van der Waals surface area contributed by atoms with Gasteiger partial charge in [0.25, 0.3) is 5.91 Å². The van der Waals surface area contributed by atoms with Crippen molar-refractivity contribution in [2.24, 2.45) is 0 Å². The zero-order valence-electron chi connectivity index (χ0n) is 17.3. The fourth-order valence-electron chi connectivity index (χ4n) is 4.01. The second kappa shape index (κ2) is 8.79. The van der Waals surface area contributed by atoms with Gasteiger partial charge in [-0.1, -0.05) is 18.2 Å². The lowest BCUT2D eigenvalue weighted by Crippen LogP contribution is -2.58. The van der Waals surface area contributed by atoms with Crippen LogP contribution in [0, 0.1) is 5.82 Å². The molecule has 0 spiro atoms. The Hall–Kier alpha value is -2.99. The van der Waals surface area contributed by atoms with Gasteiger partial charge in [-0.3, -0.25) is 14.7 Å². The van der Waals surface area contributed by atoms with Crippen molar-refractivity contribution in [3.05, 3.63) is 72.2 Å². The summed E-state index contributed by atoms with van der Waals surface area (Å²) in [7, 11) is 0. The van der Waals surface area contributed by atoms with Crippen molar-refractivity contribution < 1.29 is 13.9 Å². The standard InChI is InChI=1S/C24H26FN3O2/c1-17-14-28(18(2)13-27(17)15-19-8-10-20(25)11-9-19)24(29)16-30-23-7-3-6-22-21(23)5-4-12-26-22/h3-12,17-18H,13-16H2,1-2H3/t17-,18+/m1/s1. The van der Waals surface area contributed by atoms with Gasteiger partial charge in [0.1, 0.15) is 11.6 Å². The number of hydrogen-bond acceptors (Lipinski definition) is 4. The number of piperazine rings is 1. The number of carbonyl (C=O) groups excluding carboxylic acids is 1. The van der Waals surface area contributed by atoms with Crippen LogP contribution in [0.15, 0.2) is 60.8 Å². The van der Waals surface area contributed by atoms with Crippen LogP contribution in [-0.2, 0) is 11.3 Å². The first-order valence-corrected chi connectivity index (χ1v) is 10.3. The molecule has 2 atom stereocenters. The minimum atomic E-state index is -0.224. The van der Waals surface area contributed by atoms with E-state index < -0.39 is 0 Å². The summed E-state index contributed by atoms with van der Waals surface area (Å²) in [6.07, 6.45) is 1.74. The van der Waals surface area contributed by atoms with Gasteiger partial charge in [-0.05, 0) is 55.8 Å². The molecular formula is C24H26FN3O2. The fourth-order valence-corrected chi connectivity index (χ4v) is 4.01. The highest BCUT2D eigenvalue weighted by atomic mass is 19.1. The van der Waals surface area contributed by atoms with Gasteiger partial charge >= 0.3 is 0 Å². The minimum absolute atomic E-state index is 0.00301. The summed E-state index contributed by atoms with van der Waals surface area (Å²) in [6, 6.07) is 16.4. The van der Waals surface area contributed by atoms with Crippen molar-refractivity contribution in [1.82, 2.24) is 14.8 Å². The molecule has 4 rings (SSSR count). The van der Waals surface area contributed by atoms with Gasteiger partial charge in [0.2, 0.25) is 0 Å². The lowest BCUT2D eigenvalue weighted by molar-refractivity contribution is -0.139. The van der Waals surface area contributed by atoms with Gasteiger partial charge in [-0.15, -0.1) is 0 Å². The third kappa shape index (κ3) is 4.44. The van der Waals surface area contributed by atoms with Crippen LogP contribution in [0.2, 0.25) is 0 Å². The van der Waals surface area contributed by atoms with Crippen molar-refractivity contribution in [3.8, 4) is 5.75 Å². The molecule has 5 nitrogen and oxygen atoms in total. The molecule has 1 aliphatic rings. The molecule has 0 N–H and O–H groups in total. The molecule has 6 heteroatoms. The summed E-state index contributed by atoms with van der Waals surface area (Å²) in [5.41, 5.74) is 1.92. The Labute approximate surface area is 176 Å². The molecule has 1 saturated heterocycles. The molecule has 1 aromatic heterocycles. The molecule has 156 valence electrons. The normalized spacial score (nSPS) is 19.8. The maximum absolute atomic E-state index is 13.2. The Morgan fingerprint density at radius 1 is 1.07 bits per heavy atom. The van der Waals surface area contributed by atoms with Crippen LogP contribution in [0.5, 0.6) is 5.75 Å². The van der Waals surface area contributed by atoms with E-state index in [0.717, 1.165) is 29.6 Å². The minimum Gasteiger partial charge on any atom is -0.483 e. The quantitative estimate of drug-likeness (QED) is 0.644. The lowest BCUT2D eigenvalue weighted by atomic mass is 10.1. The Balaban J connectivity index is 1.37. The summed E-state index contributed by atoms with van der Waals surface area (Å²) >= 11 is 0. The first-order chi connectivity index (χ1) is 14.5. The van der Waals surface area contributed by atoms with E-state index in [4.69, 9.17) is 4.74 Å². The molecule has 0 bridgehead atoms. The molecule has 2 heterocycles. The van der Waals surface area contributed by atoms with E-state index in [1.807, 2.05) is 47.4 Å². The van der Waals surface area contributed by atoms with Crippen LogP contribution in [0.25, 0.3) is 10.9 Å². The molecule has 0 saturated carbocycles. The smallest absolute Gasteiger partial charge is 0.260 e. The van der Waals surface area contributed by atoms with Crippen LogP contribution in [0.1, 0.15) is 19.4 Å². The third-order valence-electron chi connectivity index (χ3n) is 5.69. The average molecular weight is 407 g/mol. The molecule has 0 unspecified atom stereocenters. The molecule has 3 aromatic rings. The highest BCUT2D eigenvalue weighted by molar-refractivity contribution is 5.85. The molecular weight excluding hydrogens is 381 g/mol. The van der Waals surface area contributed by atoms with Gasteiger partial charge in [0.15, 0.2) is 6.61 Å². The van der Waals surface area contributed by atoms with Crippen LogP contribution in [-0.4, -0.2) is 52.5 Å². The Bertz CT molecular complexity index is 1020. The number of fused-ring (bicyclic) bond motifs is 1. The van der Waals surface area contributed by atoms with E-state index in [1.54, 1.807) is 6.20 Å². The zero-order valence-corrected chi connectivity index (χ0v) is 17.3. The van der Waals surface area contributed by atoms with E-state index >= 15 is 0 Å². The first-order valence-electron chi connectivity index (χ1n) is 10.3. The Morgan fingerprint density at radius 3 is 2.67 bits per heavy atom. The van der Waals surface area contributed by atoms with Crippen molar-refractivity contribution in [1.29, 1.82) is 0 Å². The van der Waals surface area contributed by atoms with Crippen LogP contribution in [0.3, 0.4) is 0 Å². The number of pyridine rings is 1. The summed E-state index contributed by atoms with van der Waals surface area (Å²) in [4.78, 5) is 21.4. The van der Waals surface area contributed by atoms with Crippen LogP contribution in [0.4, 0.5) is 4.39 Å². The van der Waals surface area contributed by atoms with Crippen molar-refractivity contribution >= 4 is 16.8 Å². The number of rotatable bonds is 5. The SMILES string of the molecule is C[C@@H]1CN(C(=O)COc2cccc3ncccc23)[C@@H](C)CN1Cc1ccc(F)cc1. The lowest BCUT2D eigenvalue weighted by Gasteiger charge is -2.44. The van der Waals surface area contributed by atoms with E-state index in [9.17, 15) is 9.18 Å². The number of nitrogens with zero attached hydrogens (tertiary/aromatic N) is 3. The Morgan fingerprint density at radius 2 is 1.87 bits per heavy atom. The zero-order chi connectivity index (χ0) is 21.1. The van der Waals surface area contributed by atoms with Gasteiger partial charge in [0, 0.05) is 43.3 Å². The number of carbonyl (C=O) groups is 1. The topological polar surface area (TPSA) is 45.7 Å². The highest BCUT2D eigenvalue weighted by Gasteiger charge is 2.32. The van der Waals surface area contributed by atoms with Crippen LogP contribution >= 0.6 is 0 Å². The fraction of sp³-hybridized carbons (Fsp3) is 0.333.